The van der Waals surface area contributed by atoms with Crippen molar-refractivity contribution in [1.29, 1.82) is 0 Å². The summed E-state index contributed by atoms with van der Waals surface area (Å²) in [5.41, 5.74) is 17.2. The molecule has 12 nitrogen and oxygen atoms in total. The first kappa shape index (κ1) is 35.2. The molecule has 5 rings (SSSR count). The Morgan fingerprint density at radius 3 is 2.45 bits per heavy atom. The van der Waals surface area contributed by atoms with Gasteiger partial charge in [-0.2, -0.15) is 0 Å². The van der Waals surface area contributed by atoms with E-state index >= 15 is 0 Å². The van der Waals surface area contributed by atoms with E-state index in [0.29, 0.717) is 35.8 Å². The molecule has 4 aromatic rings. The molecule has 0 saturated carbocycles. The number of halogens is 1. The number of benzene rings is 4. The van der Waals surface area contributed by atoms with Crippen LogP contribution in [0.15, 0.2) is 106 Å². The van der Waals surface area contributed by atoms with Gasteiger partial charge in [-0.05, 0) is 53.1 Å². The number of carbonyl (C=O) groups is 1. The number of rotatable bonds is 16. The quantitative estimate of drug-likeness (QED) is 0.0398. The van der Waals surface area contributed by atoms with Gasteiger partial charge < -0.3 is 24.1 Å². The topological polar surface area (TPSA) is 159 Å². The van der Waals surface area contributed by atoms with Crippen LogP contribution in [-0.2, 0) is 29.0 Å². The summed E-state index contributed by atoms with van der Waals surface area (Å²) in [5.74, 6) is 1.59. The van der Waals surface area contributed by atoms with E-state index in [9.17, 15) is 4.79 Å². The molecule has 0 fully saturated rings. The standard InChI is InChI=1S/C36H37BrN6O6/c1-46-31-14-7-11-27(32(31)47-2)23-39-42-35(45)36(21-25-9-3-4-10-26(25)22-40-43-38)33(29-12-5-6-13-30(29)37)49-34(41-36)24-15-17-28(18-16-24)48-20-8-19-44/h3-7,9-18,33,39,44H,8,19-23H2,1-2H3,(H,42,45)/t33-,36-/m0/s1. The molecule has 1 heterocycles. The number of ether oxygens (including phenoxy) is 4. The Kier molecular flexibility index (Phi) is 12.1. The molecule has 0 radical (unpaired) electrons. The highest BCUT2D eigenvalue weighted by Gasteiger charge is 2.54. The molecule has 13 heteroatoms. The van der Waals surface area contributed by atoms with Gasteiger partial charge in [0.25, 0.3) is 5.91 Å². The number of para-hydroxylation sites is 1. The van der Waals surface area contributed by atoms with Gasteiger partial charge in [0.2, 0.25) is 5.90 Å². The number of hydrogen-bond acceptors (Lipinski definition) is 9. The molecule has 49 heavy (non-hydrogen) atoms. The van der Waals surface area contributed by atoms with Gasteiger partial charge in [0.1, 0.15) is 5.75 Å². The van der Waals surface area contributed by atoms with E-state index < -0.39 is 17.6 Å². The van der Waals surface area contributed by atoms with E-state index in [2.05, 4.69) is 36.8 Å². The minimum atomic E-state index is -1.52. The van der Waals surface area contributed by atoms with E-state index in [1.807, 2.05) is 72.8 Å². The molecule has 1 aliphatic heterocycles. The Bertz CT molecular complexity index is 1830. The number of nitrogens with one attached hydrogen (secondary N) is 2. The van der Waals surface area contributed by atoms with E-state index in [1.54, 1.807) is 32.4 Å². The third-order valence-corrected chi connectivity index (χ3v) is 8.79. The smallest absolute Gasteiger partial charge is 0.266 e. The third kappa shape index (κ3) is 8.15. The molecule has 0 unspecified atom stereocenters. The minimum Gasteiger partial charge on any atom is -0.494 e. The van der Waals surface area contributed by atoms with E-state index in [0.717, 1.165) is 26.7 Å². The van der Waals surface area contributed by atoms with Crippen molar-refractivity contribution in [2.75, 3.05) is 27.4 Å². The van der Waals surface area contributed by atoms with Crippen molar-refractivity contribution in [2.45, 2.75) is 37.6 Å². The molecule has 0 bridgehead atoms. The van der Waals surface area contributed by atoms with Crippen LogP contribution >= 0.6 is 15.9 Å². The average molecular weight is 730 g/mol. The molecule has 0 aromatic heterocycles. The van der Waals surface area contributed by atoms with Crippen LogP contribution in [0.25, 0.3) is 10.4 Å². The van der Waals surface area contributed by atoms with E-state index in [-0.39, 0.29) is 32.0 Å². The highest BCUT2D eigenvalue weighted by atomic mass is 79.9. The fourth-order valence-electron chi connectivity index (χ4n) is 5.65. The Morgan fingerprint density at radius 2 is 1.73 bits per heavy atom. The SMILES string of the molecule is COc1cccc(CNNC(=O)[C@@]2(Cc3ccccc3CN=[N+]=[N-])N=C(c3ccc(OCCCO)cc3)O[C@H]2c2ccccc2Br)c1OC. The summed E-state index contributed by atoms with van der Waals surface area (Å²) >= 11 is 3.68. The molecular formula is C36H37BrN6O6. The fourth-order valence-corrected chi connectivity index (χ4v) is 6.14. The van der Waals surface area contributed by atoms with Gasteiger partial charge in [0, 0.05) is 52.1 Å². The van der Waals surface area contributed by atoms with Gasteiger partial charge in [-0.25, -0.2) is 10.4 Å². The lowest BCUT2D eigenvalue weighted by Crippen LogP contribution is -2.53. The van der Waals surface area contributed by atoms with Crippen molar-refractivity contribution < 1.29 is 28.8 Å². The third-order valence-electron chi connectivity index (χ3n) is 8.07. The van der Waals surface area contributed by atoms with Crippen LogP contribution in [0.1, 0.15) is 40.3 Å². The first-order valence-electron chi connectivity index (χ1n) is 15.6. The van der Waals surface area contributed by atoms with Gasteiger partial charge in [-0.1, -0.05) is 75.6 Å². The van der Waals surface area contributed by atoms with Gasteiger partial charge in [-0.3, -0.25) is 10.2 Å². The fraction of sp³-hybridized carbons (Fsp3) is 0.278. The van der Waals surface area contributed by atoms with Gasteiger partial charge in [-0.15, -0.1) is 0 Å². The Hall–Kier alpha value is -5.07. The summed E-state index contributed by atoms with van der Waals surface area (Å²) in [6.45, 7) is 0.749. The van der Waals surface area contributed by atoms with Gasteiger partial charge >= 0.3 is 0 Å². The molecular weight excluding hydrogens is 692 g/mol. The number of hydrogen-bond donors (Lipinski definition) is 3. The molecule has 0 saturated heterocycles. The predicted molar refractivity (Wildman–Crippen MR) is 188 cm³/mol. The number of methoxy groups -OCH3 is 2. The summed E-state index contributed by atoms with van der Waals surface area (Å²) in [7, 11) is 3.13. The summed E-state index contributed by atoms with van der Waals surface area (Å²) in [4.78, 5) is 22.7. The van der Waals surface area contributed by atoms with E-state index in [4.69, 9.17) is 34.6 Å². The van der Waals surface area contributed by atoms with Crippen LogP contribution in [0, 0.1) is 0 Å². The van der Waals surface area contributed by atoms with Crippen LogP contribution in [0.4, 0.5) is 0 Å². The van der Waals surface area contributed by atoms with Crippen molar-refractivity contribution in [3.8, 4) is 17.2 Å². The number of aliphatic hydroxyl groups is 1. The zero-order chi connectivity index (χ0) is 34.6. The Labute approximate surface area is 292 Å². The summed E-state index contributed by atoms with van der Waals surface area (Å²) in [5, 5.41) is 12.9. The lowest BCUT2D eigenvalue weighted by molar-refractivity contribution is -0.130. The van der Waals surface area contributed by atoms with Crippen molar-refractivity contribution in [1.82, 2.24) is 10.9 Å². The zero-order valence-corrected chi connectivity index (χ0v) is 28.7. The van der Waals surface area contributed by atoms with Crippen molar-refractivity contribution in [2.24, 2.45) is 10.1 Å². The second-order valence-electron chi connectivity index (χ2n) is 11.1. The first-order chi connectivity index (χ1) is 23.9. The Balaban J connectivity index is 1.57. The van der Waals surface area contributed by atoms with Gasteiger partial charge in [0.05, 0.1) is 27.4 Å². The average Bonchev–Trinajstić information content (AvgIpc) is 3.51. The summed E-state index contributed by atoms with van der Waals surface area (Å²) < 4.78 is 24.1. The molecule has 254 valence electrons. The van der Waals surface area contributed by atoms with Crippen LogP contribution < -0.4 is 25.1 Å². The Morgan fingerprint density at radius 1 is 1.00 bits per heavy atom. The normalized spacial score (nSPS) is 16.6. The number of nitrogens with zero attached hydrogens (tertiary/aromatic N) is 4. The summed E-state index contributed by atoms with van der Waals surface area (Å²) in [6, 6.07) is 27.8. The molecule has 2 atom stereocenters. The number of aliphatic hydroxyl groups excluding tert-OH is 1. The van der Waals surface area contributed by atoms with Crippen LogP contribution in [0.5, 0.6) is 17.2 Å². The highest BCUT2D eigenvalue weighted by molar-refractivity contribution is 9.10. The van der Waals surface area contributed by atoms with Crippen LogP contribution in [-0.4, -0.2) is 49.9 Å². The maximum absolute atomic E-state index is 14.7. The highest BCUT2D eigenvalue weighted by Crippen LogP contribution is 2.45. The molecule has 1 aliphatic rings. The molecule has 4 aromatic carbocycles. The van der Waals surface area contributed by atoms with Crippen molar-refractivity contribution >= 4 is 27.7 Å². The van der Waals surface area contributed by atoms with Gasteiger partial charge in [0.15, 0.2) is 23.1 Å². The number of aliphatic imine (C=N–C) groups is 1. The van der Waals surface area contributed by atoms with Crippen LogP contribution in [0.3, 0.4) is 0 Å². The number of azide groups is 1. The van der Waals surface area contributed by atoms with Crippen molar-refractivity contribution in [3.05, 3.63) is 134 Å². The largest absolute Gasteiger partial charge is 0.494 e. The molecule has 1 amide bonds. The number of hydrazine groups is 1. The monoisotopic (exact) mass is 728 g/mol. The first-order valence-corrected chi connectivity index (χ1v) is 16.4. The second-order valence-corrected chi connectivity index (χ2v) is 12.0. The summed E-state index contributed by atoms with van der Waals surface area (Å²) in [6.07, 6.45) is -0.222. The number of amides is 1. The predicted octanol–water partition coefficient (Wildman–Crippen LogP) is 6.36. The lowest BCUT2D eigenvalue weighted by atomic mass is 9.81. The van der Waals surface area contributed by atoms with Crippen LogP contribution in [0.2, 0.25) is 0 Å². The lowest BCUT2D eigenvalue weighted by Gasteiger charge is -2.32. The zero-order valence-electron chi connectivity index (χ0n) is 27.1. The second kappa shape index (κ2) is 16.8. The molecule has 3 N–H and O–H groups in total. The van der Waals surface area contributed by atoms with E-state index in [1.165, 1.54) is 0 Å². The maximum Gasteiger partial charge on any atom is 0.266 e. The minimum absolute atomic E-state index is 0.0389. The maximum atomic E-state index is 14.7. The molecule has 0 spiro atoms. The van der Waals surface area contributed by atoms with Crippen molar-refractivity contribution in [3.63, 3.8) is 0 Å². The number of carbonyl (C=O) groups excluding carboxylic acids is 1. The molecule has 0 aliphatic carbocycles.